The second-order valence-corrected chi connectivity index (χ2v) is 12.5. The Morgan fingerprint density at radius 1 is 0.897 bits per heavy atom. The first-order valence-electron chi connectivity index (χ1n) is 14.2. The van der Waals surface area contributed by atoms with Crippen molar-refractivity contribution in [2.24, 2.45) is 17.8 Å². The van der Waals surface area contributed by atoms with Gasteiger partial charge in [0.1, 0.15) is 0 Å². The lowest BCUT2D eigenvalue weighted by atomic mass is 9.68. The van der Waals surface area contributed by atoms with Gasteiger partial charge in [-0.1, -0.05) is 60.7 Å². The molecule has 196 valence electrons. The van der Waals surface area contributed by atoms with Crippen LogP contribution in [0, 0.1) is 24.7 Å². The van der Waals surface area contributed by atoms with Crippen molar-refractivity contribution in [1.29, 1.82) is 0 Å². The van der Waals surface area contributed by atoms with Gasteiger partial charge in [-0.2, -0.15) is 0 Å². The molecule has 0 radical (unpaired) electrons. The second kappa shape index (κ2) is 10.2. The molecule has 3 aliphatic rings. The van der Waals surface area contributed by atoms with Crippen LogP contribution in [-0.4, -0.2) is 5.91 Å². The smallest absolute Gasteiger partial charge is 0.255 e. The summed E-state index contributed by atoms with van der Waals surface area (Å²) < 4.78 is 0. The topological polar surface area (TPSA) is 41.1 Å². The molecule has 4 aromatic rings. The maximum absolute atomic E-state index is 13.4. The van der Waals surface area contributed by atoms with Gasteiger partial charge in [0.25, 0.3) is 5.91 Å². The van der Waals surface area contributed by atoms with Gasteiger partial charge in [-0.15, -0.1) is 11.8 Å². The maximum atomic E-state index is 13.4. The summed E-state index contributed by atoms with van der Waals surface area (Å²) in [5.74, 6) is 3.50. The van der Waals surface area contributed by atoms with E-state index in [-0.39, 0.29) is 5.91 Å². The van der Waals surface area contributed by atoms with Crippen LogP contribution in [0.15, 0.2) is 102 Å². The molecule has 0 spiro atoms. The van der Waals surface area contributed by atoms with Crippen molar-refractivity contribution in [1.82, 2.24) is 0 Å². The molecule has 2 N–H and O–H groups in total. The average molecular weight is 531 g/mol. The Labute approximate surface area is 235 Å². The molecule has 1 aliphatic heterocycles. The van der Waals surface area contributed by atoms with Gasteiger partial charge in [0.2, 0.25) is 0 Å². The number of amides is 1. The third-order valence-corrected chi connectivity index (χ3v) is 10.3. The number of carbonyl (C=O) groups excluding carboxylic acids is 1. The first-order chi connectivity index (χ1) is 19.1. The number of rotatable bonds is 6. The summed E-state index contributed by atoms with van der Waals surface area (Å²) in [7, 11) is 0. The predicted octanol–water partition coefficient (Wildman–Crippen LogP) is 8.84. The van der Waals surface area contributed by atoms with Crippen LogP contribution < -0.4 is 10.6 Å². The first kappa shape index (κ1) is 24.5. The Balaban J connectivity index is 1.10. The number of carbonyl (C=O) groups is 1. The SMILES string of the molecule is Cc1cc(CSc2ccccc2)ccc1NC(=O)c1ccc2c(c1)[C@@H]1[C@H]3CC[C@@H](C3)[C@H]1[C@@H](c1ccccc1)N2. The van der Waals surface area contributed by atoms with E-state index in [1.54, 1.807) is 0 Å². The molecule has 2 saturated carbocycles. The summed E-state index contributed by atoms with van der Waals surface area (Å²) in [5, 5.41) is 7.09. The first-order valence-corrected chi connectivity index (χ1v) is 15.2. The van der Waals surface area contributed by atoms with Gasteiger partial charge in [-0.25, -0.2) is 0 Å². The third kappa shape index (κ3) is 4.65. The molecule has 4 heteroatoms. The van der Waals surface area contributed by atoms with Crippen LogP contribution in [0.5, 0.6) is 0 Å². The van der Waals surface area contributed by atoms with Crippen molar-refractivity contribution in [2.75, 3.05) is 10.6 Å². The lowest BCUT2D eigenvalue weighted by Crippen LogP contribution is -2.35. The zero-order chi connectivity index (χ0) is 26.3. The van der Waals surface area contributed by atoms with Crippen LogP contribution in [-0.2, 0) is 5.75 Å². The number of hydrogen-bond acceptors (Lipinski definition) is 3. The van der Waals surface area contributed by atoms with Crippen molar-refractivity contribution in [3.63, 3.8) is 0 Å². The molecule has 7 rings (SSSR count). The summed E-state index contributed by atoms with van der Waals surface area (Å²) in [5.41, 5.74) is 7.91. The van der Waals surface area contributed by atoms with Crippen molar-refractivity contribution in [3.05, 3.63) is 125 Å². The second-order valence-electron chi connectivity index (χ2n) is 11.5. The van der Waals surface area contributed by atoms with Crippen LogP contribution in [0.4, 0.5) is 11.4 Å². The lowest BCUT2D eigenvalue weighted by Gasteiger charge is -2.43. The molecule has 3 nitrogen and oxygen atoms in total. The van der Waals surface area contributed by atoms with E-state index in [1.165, 1.54) is 46.5 Å². The zero-order valence-corrected chi connectivity index (χ0v) is 23.1. The van der Waals surface area contributed by atoms with Crippen LogP contribution in [0.3, 0.4) is 0 Å². The Bertz CT molecular complexity index is 1500. The number of nitrogens with one attached hydrogen (secondary N) is 2. The van der Waals surface area contributed by atoms with Gasteiger partial charge in [-0.05, 0) is 109 Å². The number of anilines is 2. The van der Waals surface area contributed by atoms with E-state index in [9.17, 15) is 4.79 Å². The van der Waals surface area contributed by atoms with Gasteiger partial charge in [-0.3, -0.25) is 4.79 Å². The summed E-state index contributed by atoms with van der Waals surface area (Å²) in [6, 6.07) is 34.4. The van der Waals surface area contributed by atoms with Crippen molar-refractivity contribution in [3.8, 4) is 0 Å². The highest BCUT2D eigenvalue weighted by Crippen LogP contribution is 2.63. The summed E-state index contributed by atoms with van der Waals surface area (Å²) in [6.07, 6.45) is 3.98. The Kier molecular flexibility index (Phi) is 6.44. The molecule has 39 heavy (non-hydrogen) atoms. The minimum absolute atomic E-state index is 0.0304. The Morgan fingerprint density at radius 2 is 1.67 bits per heavy atom. The molecule has 0 saturated heterocycles. The maximum Gasteiger partial charge on any atom is 0.255 e. The van der Waals surface area contributed by atoms with Crippen LogP contribution in [0.1, 0.15) is 63.8 Å². The van der Waals surface area contributed by atoms with Gasteiger partial charge in [0.05, 0.1) is 6.04 Å². The number of fused-ring (bicyclic) bond motifs is 7. The van der Waals surface area contributed by atoms with Gasteiger partial charge < -0.3 is 10.6 Å². The fraction of sp³-hybridized carbons (Fsp3) is 0.286. The average Bonchev–Trinajstić information content (AvgIpc) is 3.61. The minimum Gasteiger partial charge on any atom is -0.378 e. The highest BCUT2D eigenvalue weighted by molar-refractivity contribution is 7.98. The fourth-order valence-electron chi connectivity index (χ4n) is 7.45. The van der Waals surface area contributed by atoms with Crippen LogP contribution >= 0.6 is 11.8 Å². The molecule has 2 aliphatic carbocycles. The number of aryl methyl sites for hydroxylation is 1. The van der Waals surface area contributed by atoms with E-state index in [2.05, 4.69) is 96.4 Å². The van der Waals surface area contributed by atoms with Gasteiger partial charge >= 0.3 is 0 Å². The van der Waals surface area contributed by atoms with Crippen molar-refractivity contribution in [2.45, 2.75) is 48.8 Å². The van der Waals surface area contributed by atoms with Crippen LogP contribution in [0.25, 0.3) is 0 Å². The predicted molar refractivity (Wildman–Crippen MR) is 161 cm³/mol. The quantitative estimate of drug-likeness (QED) is 0.245. The standard InChI is InChI=1S/C35H34N2OS/c1-22-18-23(21-39-28-10-6-3-7-11-28)12-16-30(22)37-35(38)27-15-17-31-29(20-27)32-25-13-14-26(19-25)33(32)34(36-31)24-8-4-2-5-9-24/h2-12,15-18,20,25-26,32-34,36H,13-14,19,21H2,1H3,(H,37,38)/t25-,26-,32-,33+,34+/m0/s1. The molecule has 1 amide bonds. The Hall–Kier alpha value is -3.50. The number of benzene rings is 4. The van der Waals surface area contributed by atoms with Crippen molar-refractivity contribution >= 4 is 29.0 Å². The highest BCUT2D eigenvalue weighted by atomic mass is 32.2. The van der Waals surface area contributed by atoms with E-state index in [0.29, 0.717) is 17.9 Å². The van der Waals surface area contributed by atoms with E-state index in [1.807, 2.05) is 30.0 Å². The van der Waals surface area contributed by atoms with E-state index < -0.39 is 0 Å². The molecule has 5 atom stereocenters. The zero-order valence-electron chi connectivity index (χ0n) is 22.3. The largest absolute Gasteiger partial charge is 0.378 e. The molecule has 2 fully saturated rings. The summed E-state index contributed by atoms with van der Waals surface area (Å²) in [6.45, 7) is 2.08. The van der Waals surface area contributed by atoms with Gasteiger partial charge in [0, 0.05) is 27.6 Å². The molecular weight excluding hydrogens is 496 g/mol. The number of thioether (sulfide) groups is 1. The molecule has 4 aromatic carbocycles. The molecule has 1 heterocycles. The number of hydrogen-bond donors (Lipinski definition) is 2. The van der Waals surface area contributed by atoms with Crippen LogP contribution in [0.2, 0.25) is 0 Å². The monoisotopic (exact) mass is 530 g/mol. The highest BCUT2D eigenvalue weighted by Gasteiger charge is 2.53. The van der Waals surface area contributed by atoms with E-state index in [0.717, 1.165) is 34.4 Å². The lowest BCUT2D eigenvalue weighted by molar-refractivity contribution is 0.102. The summed E-state index contributed by atoms with van der Waals surface area (Å²) in [4.78, 5) is 14.7. The van der Waals surface area contributed by atoms with Gasteiger partial charge in [0.15, 0.2) is 0 Å². The van der Waals surface area contributed by atoms with E-state index >= 15 is 0 Å². The Morgan fingerprint density at radius 3 is 2.46 bits per heavy atom. The van der Waals surface area contributed by atoms with E-state index in [4.69, 9.17) is 0 Å². The fourth-order valence-corrected chi connectivity index (χ4v) is 8.31. The third-order valence-electron chi connectivity index (χ3n) is 9.20. The summed E-state index contributed by atoms with van der Waals surface area (Å²) >= 11 is 1.83. The van der Waals surface area contributed by atoms with Crippen molar-refractivity contribution < 1.29 is 4.79 Å². The minimum atomic E-state index is -0.0304. The molecular formula is C35H34N2OS. The normalized spacial score (nSPS) is 24.5. The molecule has 0 unspecified atom stereocenters. The molecule has 2 bridgehead atoms. The molecule has 0 aromatic heterocycles.